The topological polar surface area (TPSA) is 18.5 Å². The van der Waals surface area contributed by atoms with Crippen molar-refractivity contribution in [3.63, 3.8) is 0 Å². The summed E-state index contributed by atoms with van der Waals surface area (Å²) in [6.45, 7) is 8.97. The molecular formula is C20H36O2Si. The van der Waals surface area contributed by atoms with Gasteiger partial charge in [-0.15, -0.1) is 0 Å². The van der Waals surface area contributed by atoms with Crippen LogP contribution in [0.5, 0.6) is 0 Å². The molecule has 0 aromatic heterocycles. The summed E-state index contributed by atoms with van der Waals surface area (Å²) in [4.78, 5) is 0. The van der Waals surface area contributed by atoms with E-state index in [1.807, 2.05) is 0 Å². The molecule has 4 rings (SSSR count). The Morgan fingerprint density at radius 2 is 1.09 bits per heavy atom. The zero-order chi connectivity index (χ0) is 16.2. The first-order valence-electron chi connectivity index (χ1n) is 10.3. The van der Waals surface area contributed by atoms with Crippen molar-refractivity contribution in [1.82, 2.24) is 0 Å². The predicted octanol–water partition coefficient (Wildman–Crippen LogP) is 5.66. The minimum absolute atomic E-state index is 0.318. The van der Waals surface area contributed by atoms with Crippen molar-refractivity contribution < 1.29 is 8.85 Å². The van der Waals surface area contributed by atoms with Crippen LogP contribution >= 0.6 is 0 Å². The molecule has 3 heteroatoms. The zero-order valence-electron chi connectivity index (χ0n) is 15.6. The lowest BCUT2D eigenvalue weighted by molar-refractivity contribution is 0.0757. The second-order valence-corrected chi connectivity index (χ2v) is 13.0. The Bertz CT molecular complexity index is 395. The molecule has 0 aromatic rings. The zero-order valence-corrected chi connectivity index (χ0v) is 16.6. The fourth-order valence-electron chi connectivity index (χ4n) is 6.86. The summed E-state index contributed by atoms with van der Waals surface area (Å²) in [6.07, 6.45) is 12.3. The van der Waals surface area contributed by atoms with Gasteiger partial charge < -0.3 is 8.85 Å². The molecule has 6 atom stereocenters. The smallest absolute Gasteiger partial charge is 0.345 e. The first-order valence-corrected chi connectivity index (χ1v) is 12.3. The van der Waals surface area contributed by atoms with Crippen LogP contribution in [0.15, 0.2) is 0 Å². The van der Waals surface area contributed by atoms with E-state index >= 15 is 0 Å². The first-order chi connectivity index (χ1) is 11.0. The van der Waals surface area contributed by atoms with Crippen LogP contribution in [0.2, 0.25) is 11.1 Å². The van der Waals surface area contributed by atoms with Gasteiger partial charge in [0.05, 0.1) is 0 Å². The lowest BCUT2D eigenvalue weighted by Crippen LogP contribution is -2.56. The molecule has 0 spiro atoms. The largest absolute Gasteiger partial charge is 0.391 e. The quantitative estimate of drug-likeness (QED) is 0.583. The third-order valence-corrected chi connectivity index (χ3v) is 12.5. The highest BCUT2D eigenvalue weighted by Crippen LogP contribution is 2.64. The van der Waals surface area contributed by atoms with Crippen molar-refractivity contribution in [3.8, 4) is 0 Å². The van der Waals surface area contributed by atoms with E-state index in [1.165, 1.54) is 51.4 Å². The summed E-state index contributed by atoms with van der Waals surface area (Å²) in [5.41, 5.74) is 1.57. The molecule has 132 valence electrons. The minimum Gasteiger partial charge on any atom is -0.391 e. The molecule has 4 bridgehead atoms. The van der Waals surface area contributed by atoms with E-state index in [9.17, 15) is 0 Å². The maximum absolute atomic E-state index is 6.94. The third kappa shape index (κ3) is 2.85. The summed E-state index contributed by atoms with van der Waals surface area (Å²) < 4.78 is 13.9. The highest BCUT2D eigenvalue weighted by molar-refractivity contribution is 6.71. The average molecular weight is 337 g/mol. The molecule has 4 saturated carbocycles. The lowest BCUT2D eigenvalue weighted by atomic mass is 9.99. The van der Waals surface area contributed by atoms with E-state index < -0.39 is 8.56 Å². The van der Waals surface area contributed by atoms with Gasteiger partial charge in [-0.3, -0.25) is 0 Å². The molecule has 2 nitrogen and oxygen atoms in total. The summed E-state index contributed by atoms with van der Waals surface area (Å²) in [5.74, 6) is 3.82. The molecule has 0 saturated heterocycles. The molecular weight excluding hydrogens is 300 g/mol. The van der Waals surface area contributed by atoms with Crippen LogP contribution in [0.4, 0.5) is 0 Å². The summed E-state index contributed by atoms with van der Waals surface area (Å²) >= 11 is 0. The molecule has 0 amide bonds. The van der Waals surface area contributed by atoms with Crippen molar-refractivity contribution in [2.45, 2.75) is 102 Å². The highest BCUT2D eigenvalue weighted by atomic mass is 28.4. The maximum atomic E-state index is 6.94. The van der Waals surface area contributed by atoms with Crippen LogP contribution in [-0.4, -0.2) is 20.8 Å². The summed E-state index contributed by atoms with van der Waals surface area (Å²) in [6, 6.07) is 0. The summed E-state index contributed by atoms with van der Waals surface area (Å²) in [7, 11) is -2.16. The number of hydrogen-bond donors (Lipinski definition) is 0. The monoisotopic (exact) mass is 336 g/mol. The fraction of sp³-hybridized carbons (Fsp3) is 1.00. The van der Waals surface area contributed by atoms with Gasteiger partial charge in [-0.25, -0.2) is 0 Å². The number of hydrogen-bond acceptors (Lipinski definition) is 2. The first kappa shape index (κ1) is 16.6. The van der Waals surface area contributed by atoms with Gasteiger partial charge in [-0.1, -0.05) is 25.7 Å². The molecule has 23 heavy (non-hydrogen) atoms. The predicted molar refractivity (Wildman–Crippen MR) is 96.6 cm³/mol. The number of rotatable bonds is 6. The van der Waals surface area contributed by atoms with E-state index in [4.69, 9.17) is 8.85 Å². The van der Waals surface area contributed by atoms with Gasteiger partial charge in [0.2, 0.25) is 0 Å². The van der Waals surface area contributed by atoms with E-state index in [0.717, 1.165) is 34.8 Å². The van der Waals surface area contributed by atoms with E-state index in [2.05, 4.69) is 27.7 Å². The van der Waals surface area contributed by atoms with Gasteiger partial charge in [-0.05, 0) is 77.0 Å². The van der Waals surface area contributed by atoms with Crippen molar-refractivity contribution >= 4 is 8.56 Å². The molecule has 4 fully saturated rings. The van der Waals surface area contributed by atoms with Crippen LogP contribution in [0.1, 0.15) is 79.1 Å². The van der Waals surface area contributed by atoms with Crippen LogP contribution < -0.4 is 0 Å². The van der Waals surface area contributed by atoms with Gasteiger partial charge in [0.15, 0.2) is 0 Å². The SMILES string of the molecule is CC(C)O[Si](OC(C)C)(C1CC2CCC1C2)C1CC2CCC1C2. The maximum Gasteiger partial charge on any atom is 0.345 e. The van der Waals surface area contributed by atoms with Gasteiger partial charge in [0, 0.05) is 23.3 Å². The van der Waals surface area contributed by atoms with Crippen molar-refractivity contribution in [1.29, 1.82) is 0 Å². The molecule has 4 aliphatic carbocycles. The molecule has 0 heterocycles. The van der Waals surface area contributed by atoms with E-state index in [0.29, 0.717) is 12.2 Å². The average Bonchev–Trinajstić information content (AvgIpc) is 3.25. The molecule has 6 unspecified atom stereocenters. The minimum atomic E-state index is -2.16. The Balaban J connectivity index is 1.68. The highest BCUT2D eigenvalue weighted by Gasteiger charge is 2.64. The summed E-state index contributed by atoms with van der Waals surface area (Å²) in [5, 5.41) is 0. The van der Waals surface area contributed by atoms with Crippen LogP contribution in [-0.2, 0) is 8.85 Å². The Kier molecular flexibility index (Phi) is 4.43. The normalized spacial score (nSPS) is 42.5. The fourth-order valence-corrected chi connectivity index (χ4v) is 12.9. The second-order valence-electron chi connectivity index (χ2n) is 9.62. The van der Waals surface area contributed by atoms with Crippen molar-refractivity contribution in [3.05, 3.63) is 0 Å². The lowest BCUT2D eigenvalue weighted by Gasteiger charge is -2.47. The van der Waals surface area contributed by atoms with E-state index in [-0.39, 0.29) is 0 Å². The molecule has 4 aliphatic rings. The molecule has 0 radical (unpaired) electrons. The van der Waals surface area contributed by atoms with Crippen molar-refractivity contribution in [2.75, 3.05) is 0 Å². The standard InChI is InChI=1S/C20H36O2Si/c1-13(2)21-23(22-14(3)4,19-11-15-5-7-17(19)9-15)20-12-16-6-8-18(20)10-16/h13-20H,5-12H2,1-4H3. The van der Waals surface area contributed by atoms with Crippen molar-refractivity contribution in [2.24, 2.45) is 23.7 Å². The van der Waals surface area contributed by atoms with E-state index in [1.54, 1.807) is 0 Å². The van der Waals surface area contributed by atoms with Gasteiger partial charge in [0.25, 0.3) is 0 Å². The van der Waals surface area contributed by atoms with Gasteiger partial charge in [0.1, 0.15) is 0 Å². The van der Waals surface area contributed by atoms with Crippen LogP contribution in [0.3, 0.4) is 0 Å². The Hall–Kier alpha value is 0.137. The Morgan fingerprint density at radius 1 is 0.652 bits per heavy atom. The van der Waals surface area contributed by atoms with Crippen LogP contribution in [0, 0.1) is 23.7 Å². The molecule has 0 N–H and O–H groups in total. The van der Waals surface area contributed by atoms with Gasteiger partial charge in [-0.2, -0.15) is 0 Å². The van der Waals surface area contributed by atoms with Gasteiger partial charge >= 0.3 is 8.56 Å². The third-order valence-electron chi connectivity index (χ3n) is 7.35. The Labute approximate surface area is 144 Å². The molecule has 0 aromatic carbocycles. The Morgan fingerprint density at radius 3 is 1.35 bits per heavy atom. The second kappa shape index (κ2) is 6.14. The van der Waals surface area contributed by atoms with Crippen LogP contribution in [0.25, 0.3) is 0 Å². The molecule has 0 aliphatic heterocycles. The number of fused-ring (bicyclic) bond motifs is 4.